The summed E-state index contributed by atoms with van der Waals surface area (Å²) in [5.74, 6) is 0.908. The van der Waals surface area contributed by atoms with Crippen LogP contribution in [0.25, 0.3) is 0 Å². The van der Waals surface area contributed by atoms with Crippen LogP contribution in [-0.2, 0) is 0 Å². The molecule has 1 fully saturated rings. The zero-order valence-electron chi connectivity index (χ0n) is 12.2. The van der Waals surface area contributed by atoms with Crippen LogP contribution in [0.4, 0.5) is 16.2 Å². The van der Waals surface area contributed by atoms with Crippen LogP contribution in [0.5, 0.6) is 0 Å². The minimum absolute atomic E-state index is 0.192. The number of rotatable bonds is 5. The molecule has 0 spiro atoms. The lowest BCUT2D eigenvalue weighted by molar-refractivity contribution is 0.254. The summed E-state index contributed by atoms with van der Waals surface area (Å²) < 4.78 is 0. The highest BCUT2D eigenvalue weighted by atomic mass is 16.2. The van der Waals surface area contributed by atoms with Crippen LogP contribution >= 0.6 is 0 Å². The van der Waals surface area contributed by atoms with Gasteiger partial charge in [0.2, 0.25) is 0 Å². The van der Waals surface area contributed by atoms with Gasteiger partial charge < -0.3 is 16.0 Å². The first-order valence-electron chi connectivity index (χ1n) is 7.60. The number of anilines is 2. The van der Waals surface area contributed by atoms with Gasteiger partial charge in [0.25, 0.3) is 0 Å². The van der Waals surface area contributed by atoms with E-state index in [9.17, 15) is 4.79 Å². The van der Waals surface area contributed by atoms with Crippen molar-refractivity contribution in [3.63, 3.8) is 0 Å². The molecule has 0 aromatic heterocycles. The molecule has 0 heterocycles. The van der Waals surface area contributed by atoms with Gasteiger partial charge in [-0.25, -0.2) is 4.79 Å². The van der Waals surface area contributed by atoms with Crippen molar-refractivity contribution in [2.45, 2.75) is 38.5 Å². The first-order chi connectivity index (χ1) is 9.78. The van der Waals surface area contributed by atoms with Crippen LogP contribution in [0.1, 0.15) is 38.5 Å². The van der Waals surface area contributed by atoms with Crippen LogP contribution in [0.3, 0.4) is 0 Å². The Bertz CT molecular complexity index is 410. The normalized spacial score (nSPS) is 15.7. The van der Waals surface area contributed by atoms with Crippen molar-refractivity contribution in [3.8, 4) is 0 Å². The highest BCUT2D eigenvalue weighted by Gasteiger charge is 2.12. The summed E-state index contributed by atoms with van der Waals surface area (Å²) in [6.07, 6.45) is 8.30. The van der Waals surface area contributed by atoms with E-state index < -0.39 is 0 Å². The van der Waals surface area contributed by atoms with Crippen LogP contribution < -0.4 is 16.0 Å². The van der Waals surface area contributed by atoms with Crippen molar-refractivity contribution in [1.29, 1.82) is 0 Å². The Kier molecular flexibility index (Phi) is 5.71. The second-order valence-electron chi connectivity index (χ2n) is 5.50. The number of nitrogens with one attached hydrogen (secondary N) is 3. The minimum Gasteiger partial charge on any atom is -0.385 e. The molecule has 110 valence electrons. The molecule has 20 heavy (non-hydrogen) atoms. The Morgan fingerprint density at radius 2 is 1.75 bits per heavy atom. The van der Waals surface area contributed by atoms with Gasteiger partial charge in [0.05, 0.1) is 0 Å². The highest BCUT2D eigenvalue weighted by Crippen LogP contribution is 2.26. The van der Waals surface area contributed by atoms with E-state index in [1.54, 1.807) is 7.05 Å². The van der Waals surface area contributed by atoms with Crippen LogP contribution in [0, 0.1) is 5.92 Å². The van der Waals surface area contributed by atoms with Gasteiger partial charge >= 0.3 is 6.03 Å². The number of benzene rings is 1. The van der Waals surface area contributed by atoms with E-state index >= 15 is 0 Å². The summed E-state index contributed by atoms with van der Waals surface area (Å²) in [5, 5.41) is 8.74. The van der Waals surface area contributed by atoms with E-state index in [1.165, 1.54) is 38.5 Å². The van der Waals surface area contributed by atoms with Crippen LogP contribution in [-0.4, -0.2) is 19.6 Å². The average Bonchev–Trinajstić information content (AvgIpc) is 2.50. The van der Waals surface area contributed by atoms with E-state index in [-0.39, 0.29) is 6.03 Å². The molecule has 0 saturated heterocycles. The zero-order valence-corrected chi connectivity index (χ0v) is 12.2. The van der Waals surface area contributed by atoms with Crippen LogP contribution in [0.15, 0.2) is 24.3 Å². The zero-order chi connectivity index (χ0) is 14.2. The summed E-state index contributed by atoms with van der Waals surface area (Å²) >= 11 is 0. The molecule has 0 unspecified atom stereocenters. The van der Waals surface area contributed by atoms with Crippen molar-refractivity contribution in [1.82, 2.24) is 5.32 Å². The number of carbonyl (C=O) groups excluding carboxylic acids is 1. The predicted octanol–water partition coefficient (Wildman–Crippen LogP) is 3.82. The first kappa shape index (κ1) is 14.7. The van der Waals surface area contributed by atoms with Gasteiger partial charge in [0, 0.05) is 25.0 Å². The Hall–Kier alpha value is -1.71. The third-order valence-electron chi connectivity index (χ3n) is 3.98. The molecule has 0 aliphatic heterocycles. The standard InChI is InChI=1S/C16H25N3O/c1-17-16(20)19-15-9-7-14(8-10-15)18-12-11-13-5-3-2-4-6-13/h7-10,13,18H,2-6,11-12H2,1H3,(H2,17,19,20). The Labute approximate surface area is 121 Å². The molecule has 0 bridgehead atoms. The second-order valence-corrected chi connectivity index (χ2v) is 5.50. The molecule has 3 N–H and O–H groups in total. The van der Waals surface area contributed by atoms with E-state index in [0.29, 0.717) is 0 Å². The smallest absolute Gasteiger partial charge is 0.318 e. The summed E-state index contributed by atoms with van der Waals surface area (Å²) in [7, 11) is 1.61. The van der Waals surface area contributed by atoms with Gasteiger partial charge in [-0.2, -0.15) is 0 Å². The van der Waals surface area contributed by atoms with Gasteiger partial charge in [0.1, 0.15) is 0 Å². The lowest BCUT2D eigenvalue weighted by atomic mass is 9.87. The number of hydrogen-bond donors (Lipinski definition) is 3. The van der Waals surface area contributed by atoms with Crippen molar-refractivity contribution >= 4 is 17.4 Å². The minimum atomic E-state index is -0.192. The van der Waals surface area contributed by atoms with Crippen molar-refractivity contribution in [3.05, 3.63) is 24.3 Å². The third-order valence-corrected chi connectivity index (χ3v) is 3.98. The molecule has 4 nitrogen and oxygen atoms in total. The number of carbonyl (C=O) groups is 1. The fourth-order valence-electron chi connectivity index (χ4n) is 2.76. The van der Waals surface area contributed by atoms with Crippen molar-refractivity contribution < 1.29 is 4.79 Å². The van der Waals surface area contributed by atoms with E-state index in [2.05, 4.69) is 16.0 Å². The maximum Gasteiger partial charge on any atom is 0.318 e. The summed E-state index contributed by atoms with van der Waals surface area (Å²) in [6, 6.07) is 7.65. The quantitative estimate of drug-likeness (QED) is 0.765. The van der Waals surface area contributed by atoms with Gasteiger partial charge in [-0.1, -0.05) is 32.1 Å². The molecule has 1 aromatic carbocycles. The van der Waals surface area contributed by atoms with Gasteiger partial charge in [-0.15, -0.1) is 0 Å². The molecule has 1 aromatic rings. The first-order valence-corrected chi connectivity index (χ1v) is 7.60. The van der Waals surface area contributed by atoms with Gasteiger partial charge in [-0.3, -0.25) is 0 Å². The van der Waals surface area contributed by atoms with Crippen LogP contribution in [0.2, 0.25) is 0 Å². The largest absolute Gasteiger partial charge is 0.385 e. The molecular weight excluding hydrogens is 250 g/mol. The molecule has 1 saturated carbocycles. The Morgan fingerprint density at radius 1 is 1.10 bits per heavy atom. The lowest BCUT2D eigenvalue weighted by Crippen LogP contribution is -2.24. The molecule has 4 heteroatoms. The second kappa shape index (κ2) is 7.78. The van der Waals surface area contributed by atoms with Crippen molar-refractivity contribution in [2.75, 3.05) is 24.2 Å². The van der Waals surface area contributed by atoms with Gasteiger partial charge in [0.15, 0.2) is 0 Å². The maximum atomic E-state index is 11.2. The summed E-state index contributed by atoms with van der Waals surface area (Å²) in [6.45, 7) is 1.03. The Morgan fingerprint density at radius 3 is 2.40 bits per heavy atom. The fraction of sp³-hybridized carbons (Fsp3) is 0.562. The molecular formula is C16H25N3O. The number of urea groups is 1. The summed E-state index contributed by atoms with van der Waals surface area (Å²) in [4.78, 5) is 11.2. The predicted molar refractivity (Wildman–Crippen MR) is 84.2 cm³/mol. The van der Waals surface area contributed by atoms with Crippen molar-refractivity contribution in [2.24, 2.45) is 5.92 Å². The Balaban J connectivity index is 1.71. The number of hydrogen-bond acceptors (Lipinski definition) is 2. The monoisotopic (exact) mass is 275 g/mol. The molecule has 1 aliphatic carbocycles. The average molecular weight is 275 g/mol. The molecule has 2 rings (SSSR count). The number of amides is 2. The lowest BCUT2D eigenvalue weighted by Gasteiger charge is -2.21. The highest BCUT2D eigenvalue weighted by molar-refractivity contribution is 5.89. The van der Waals surface area contributed by atoms with E-state index in [1.807, 2.05) is 24.3 Å². The van der Waals surface area contributed by atoms with E-state index in [0.717, 1.165) is 23.8 Å². The fourth-order valence-corrected chi connectivity index (χ4v) is 2.76. The SMILES string of the molecule is CNC(=O)Nc1ccc(NCCC2CCCCC2)cc1. The maximum absolute atomic E-state index is 11.2. The molecule has 1 aliphatic rings. The topological polar surface area (TPSA) is 53.2 Å². The van der Waals surface area contributed by atoms with E-state index in [4.69, 9.17) is 0 Å². The van der Waals surface area contributed by atoms with Gasteiger partial charge in [-0.05, 0) is 36.6 Å². The molecule has 0 radical (unpaired) electrons. The summed E-state index contributed by atoms with van der Waals surface area (Å²) in [5.41, 5.74) is 1.92. The molecule has 0 atom stereocenters. The molecule has 2 amide bonds. The third kappa shape index (κ3) is 4.76.